The van der Waals surface area contributed by atoms with Gasteiger partial charge in [-0.3, -0.25) is 0 Å². The van der Waals surface area contributed by atoms with Gasteiger partial charge in [-0.1, -0.05) is 12.1 Å². The lowest BCUT2D eigenvalue weighted by molar-refractivity contribution is 0.377. The average molecular weight is 281 g/mol. The molecule has 1 saturated heterocycles. The van der Waals surface area contributed by atoms with Gasteiger partial charge in [-0.15, -0.1) is 4.31 Å². The fourth-order valence-electron chi connectivity index (χ4n) is 2.47. The maximum absolute atomic E-state index is 12.6. The molecule has 0 spiro atoms. The number of methoxy groups -OCH3 is 1. The van der Waals surface area contributed by atoms with E-state index in [1.165, 1.54) is 5.56 Å². The van der Waals surface area contributed by atoms with Gasteiger partial charge in [0.15, 0.2) is 0 Å². The number of hydrogen-bond donors (Lipinski definition) is 0. The molecule has 4 heteroatoms. The van der Waals surface area contributed by atoms with E-state index in [2.05, 4.69) is 16.4 Å². The van der Waals surface area contributed by atoms with Gasteiger partial charge in [0.1, 0.15) is 10.5 Å². The number of benzene rings is 1. The van der Waals surface area contributed by atoms with Gasteiger partial charge in [0, 0.05) is 17.9 Å². The van der Waals surface area contributed by atoms with Crippen LogP contribution >= 0.6 is 0 Å². The minimum atomic E-state index is -0.959. The summed E-state index contributed by atoms with van der Waals surface area (Å²) in [5, 5.41) is 0. The Hall–Kier alpha value is -0.710. The van der Waals surface area contributed by atoms with Crippen LogP contribution in [0.4, 0.5) is 0 Å². The third-order valence-corrected chi connectivity index (χ3v) is 5.33. The summed E-state index contributed by atoms with van der Waals surface area (Å²) in [4.78, 5) is 0. The van der Waals surface area contributed by atoms with E-state index in [0.29, 0.717) is 0 Å². The summed E-state index contributed by atoms with van der Waals surface area (Å²) in [6, 6.07) is 8.36. The molecule has 1 aromatic rings. The predicted octanol–water partition coefficient (Wildman–Crippen LogP) is 3.29. The van der Waals surface area contributed by atoms with Gasteiger partial charge in [0.2, 0.25) is 0 Å². The monoisotopic (exact) mass is 281 g/mol. The van der Waals surface area contributed by atoms with Crippen LogP contribution in [-0.2, 0) is 11.4 Å². The van der Waals surface area contributed by atoms with Crippen molar-refractivity contribution in [2.24, 2.45) is 0 Å². The van der Waals surface area contributed by atoms with Crippen LogP contribution in [-0.4, -0.2) is 27.3 Å². The van der Waals surface area contributed by atoms with E-state index in [1.807, 2.05) is 32.9 Å². The molecule has 0 aliphatic carbocycles. The molecule has 3 nitrogen and oxygen atoms in total. The van der Waals surface area contributed by atoms with Crippen molar-refractivity contribution >= 4 is 11.4 Å². The number of rotatable bonds is 3. The molecular weight excluding hydrogens is 258 g/mol. The van der Waals surface area contributed by atoms with E-state index in [-0.39, 0.29) is 10.8 Å². The molecule has 0 aromatic heterocycles. The van der Waals surface area contributed by atoms with Gasteiger partial charge >= 0.3 is 0 Å². The third kappa shape index (κ3) is 3.25. The standard InChI is InChI=1S/C15H23NO2S/c1-15(2,3)19(17)16-10-6-9-14(16)12-7-5-8-13(11-12)18-4/h5,7-8,11,14H,6,9-10H2,1-4H3/t14-,19?/m1/s1. The Morgan fingerprint density at radius 2 is 2.11 bits per heavy atom. The van der Waals surface area contributed by atoms with Gasteiger partial charge in [-0.2, -0.15) is 0 Å². The van der Waals surface area contributed by atoms with Gasteiger partial charge in [-0.05, 0) is 51.3 Å². The van der Waals surface area contributed by atoms with Crippen LogP contribution in [0, 0.1) is 0 Å². The average Bonchev–Trinajstić information content (AvgIpc) is 2.85. The van der Waals surface area contributed by atoms with Crippen LogP contribution in [0.15, 0.2) is 24.3 Å². The molecule has 1 unspecified atom stereocenters. The molecule has 0 bridgehead atoms. The fraction of sp³-hybridized carbons (Fsp3) is 0.600. The van der Waals surface area contributed by atoms with Crippen molar-refractivity contribution in [3.05, 3.63) is 29.8 Å². The smallest absolute Gasteiger partial charge is 0.137 e. The molecular formula is C15H23NO2S. The molecule has 19 heavy (non-hydrogen) atoms. The zero-order valence-corrected chi connectivity index (χ0v) is 13.0. The molecule has 1 aliphatic rings. The highest BCUT2D eigenvalue weighted by Gasteiger charge is 2.41. The van der Waals surface area contributed by atoms with Crippen molar-refractivity contribution in [2.75, 3.05) is 13.7 Å². The summed E-state index contributed by atoms with van der Waals surface area (Å²) in [5.74, 6) is 0.867. The SMILES string of the molecule is COc1cccc([C@H]2CCCN2[S+]([O-])C(C)(C)C)c1. The maximum Gasteiger partial charge on any atom is 0.137 e. The first-order valence-corrected chi connectivity index (χ1v) is 7.87. The van der Waals surface area contributed by atoms with Gasteiger partial charge in [-0.25, -0.2) is 0 Å². The first kappa shape index (κ1) is 14.7. The molecule has 0 N–H and O–H groups in total. The molecule has 0 saturated carbocycles. The van der Waals surface area contributed by atoms with E-state index in [1.54, 1.807) is 7.11 Å². The van der Waals surface area contributed by atoms with Crippen molar-refractivity contribution in [1.29, 1.82) is 0 Å². The van der Waals surface area contributed by atoms with Crippen molar-refractivity contribution in [3.8, 4) is 5.75 Å². The first-order chi connectivity index (χ1) is 8.93. The summed E-state index contributed by atoms with van der Waals surface area (Å²) in [6.45, 7) is 7.00. The minimum absolute atomic E-state index is 0.207. The quantitative estimate of drug-likeness (QED) is 0.798. The second kappa shape index (κ2) is 5.73. The van der Waals surface area contributed by atoms with Crippen LogP contribution in [0.25, 0.3) is 0 Å². The molecule has 1 aromatic carbocycles. The normalized spacial score (nSPS) is 22.5. The van der Waals surface area contributed by atoms with Crippen LogP contribution in [0.5, 0.6) is 5.75 Å². The topological polar surface area (TPSA) is 35.5 Å². The zero-order chi connectivity index (χ0) is 14.0. The summed E-state index contributed by atoms with van der Waals surface area (Å²) in [7, 11) is 1.68. The Morgan fingerprint density at radius 3 is 2.74 bits per heavy atom. The van der Waals surface area contributed by atoms with E-state index in [0.717, 1.165) is 25.1 Å². The Balaban J connectivity index is 2.23. The number of nitrogens with zero attached hydrogens (tertiary/aromatic N) is 1. The van der Waals surface area contributed by atoms with E-state index in [9.17, 15) is 4.55 Å². The maximum atomic E-state index is 12.6. The Morgan fingerprint density at radius 1 is 1.37 bits per heavy atom. The predicted molar refractivity (Wildman–Crippen MR) is 79.6 cm³/mol. The van der Waals surface area contributed by atoms with E-state index >= 15 is 0 Å². The zero-order valence-electron chi connectivity index (χ0n) is 12.2. The summed E-state index contributed by atoms with van der Waals surface area (Å²) in [5.41, 5.74) is 1.20. The third-order valence-electron chi connectivity index (χ3n) is 3.42. The second-order valence-corrected chi connectivity index (χ2v) is 8.13. The first-order valence-electron chi connectivity index (χ1n) is 6.76. The highest BCUT2D eigenvalue weighted by atomic mass is 32.2. The lowest BCUT2D eigenvalue weighted by atomic mass is 10.1. The summed E-state index contributed by atoms with van der Waals surface area (Å²) < 4.78 is 19.8. The molecule has 2 atom stereocenters. The van der Waals surface area contributed by atoms with Crippen molar-refractivity contribution < 1.29 is 9.29 Å². The van der Waals surface area contributed by atoms with Crippen molar-refractivity contribution in [3.63, 3.8) is 0 Å². The minimum Gasteiger partial charge on any atom is -0.597 e. The number of hydrogen-bond acceptors (Lipinski definition) is 3. The van der Waals surface area contributed by atoms with E-state index in [4.69, 9.17) is 4.74 Å². The fourth-order valence-corrected chi connectivity index (χ4v) is 3.93. The van der Waals surface area contributed by atoms with Crippen LogP contribution in [0.1, 0.15) is 45.2 Å². The molecule has 106 valence electrons. The van der Waals surface area contributed by atoms with E-state index < -0.39 is 11.4 Å². The van der Waals surface area contributed by atoms with Crippen LogP contribution in [0.2, 0.25) is 0 Å². The van der Waals surface area contributed by atoms with Crippen LogP contribution < -0.4 is 4.74 Å². The lowest BCUT2D eigenvalue weighted by Gasteiger charge is -2.33. The van der Waals surface area contributed by atoms with Gasteiger partial charge in [0.25, 0.3) is 0 Å². The van der Waals surface area contributed by atoms with Crippen LogP contribution in [0.3, 0.4) is 0 Å². The number of ether oxygens (including phenoxy) is 1. The van der Waals surface area contributed by atoms with Crippen molar-refractivity contribution in [1.82, 2.24) is 4.31 Å². The second-order valence-electron chi connectivity index (χ2n) is 5.94. The Labute approximate surface area is 119 Å². The lowest BCUT2D eigenvalue weighted by Crippen LogP contribution is -2.42. The molecule has 0 radical (unpaired) electrons. The highest BCUT2D eigenvalue weighted by molar-refractivity contribution is 7.90. The largest absolute Gasteiger partial charge is 0.597 e. The summed E-state index contributed by atoms with van der Waals surface area (Å²) in [6.07, 6.45) is 2.17. The molecule has 1 heterocycles. The molecule has 1 aliphatic heterocycles. The van der Waals surface area contributed by atoms with Gasteiger partial charge in [0.05, 0.1) is 13.2 Å². The molecule has 1 fully saturated rings. The van der Waals surface area contributed by atoms with Gasteiger partial charge < -0.3 is 9.29 Å². The summed E-state index contributed by atoms with van der Waals surface area (Å²) >= 11 is -0.959. The molecule has 2 rings (SSSR count). The Kier molecular flexibility index (Phi) is 4.43. The molecule has 0 amide bonds. The highest BCUT2D eigenvalue weighted by Crippen LogP contribution is 2.38. The Bertz CT molecular complexity index is 430. The van der Waals surface area contributed by atoms with Crippen molar-refractivity contribution in [2.45, 2.75) is 44.4 Å².